The van der Waals surface area contributed by atoms with Crippen molar-refractivity contribution in [2.75, 3.05) is 6.61 Å². The highest BCUT2D eigenvalue weighted by Gasteiger charge is 2.14. The largest absolute Gasteiger partial charge is 0.461 e. The number of aromatic nitrogens is 3. The number of hydrogen-bond donors (Lipinski definition) is 1. The van der Waals surface area contributed by atoms with Crippen molar-refractivity contribution in [3.05, 3.63) is 71.5 Å². The highest BCUT2D eigenvalue weighted by atomic mass is 16.5. The van der Waals surface area contributed by atoms with E-state index in [2.05, 4.69) is 21.3 Å². The van der Waals surface area contributed by atoms with Crippen molar-refractivity contribution < 1.29 is 9.53 Å². The van der Waals surface area contributed by atoms with Gasteiger partial charge < -0.3 is 4.74 Å². The van der Waals surface area contributed by atoms with Gasteiger partial charge in [0, 0.05) is 5.56 Å². The molecule has 130 valence electrons. The smallest absolute Gasteiger partial charge is 0.338 e. The summed E-state index contributed by atoms with van der Waals surface area (Å²) in [5, 5.41) is 16.1. The maximum atomic E-state index is 12.2. The molecule has 0 spiro atoms. The molecule has 1 atom stereocenters. The number of rotatable bonds is 6. The van der Waals surface area contributed by atoms with Crippen molar-refractivity contribution in [2.45, 2.75) is 13.3 Å². The van der Waals surface area contributed by atoms with Crippen LogP contribution in [-0.4, -0.2) is 27.8 Å². The molecule has 26 heavy (non-hydrogen) atoms. The van der Waals surface area contributed by atoms with Crippen LogP contribution < -0.4 is 0 Å². The minimum Gasteiger partial charge on any atom is -0.461 e. The number of carbonyl (C=O) groups excluding carboxylic acids is 1. The fourth-order valence-electron chi connectivity index (χ4n) is 2.53. The Hall–Kier alpha value is -3.46. The number of H-pyrrole nitrogens is 1. The molecule has 2 aromatic carbocycles. The fourth-order valence-corrected chi connectivity index (χ4v) is 2.53. The van der Waals surface area contributed by atoms with Crippen molar-refractivity contribution in [3.8, 4) is 17.5 Å². The van der Waals surface area contributed by atoms with Gasteiger partial charge in [0.05, 0.1) is 17.6 Å². The van der Waals surface area contributed by atoms with Crippen LogP contribution in [0.1, 0.15) is 21.7 Å². The van der Waals surface area contributed by atoms with E-state index >= 15 is 0 Å². The number of carbonyl (C=O) groups is 1. The Morgan fingerprint density at radius 3 is 2.54 bits per heavy atom. The molecule has 0 aliphatic rings. The Labute approximate surface area is 151 Å². The lowest BCUT2D eigenvalue weighted by Crippen LogP contribution is -2.15. The molecule has 1 aromatic heterocycles. The number of nitrogens with zero attached hydrogens (tertiary/aromatic N) is 3. The van der Waals surface area contributed by atoms with Gasteiger partial charge in [-0.2, -0.15) is 10.4 Å². The van der Waals surface area contributed by atoms with Crippen molar-refractivity contribution in [1.82, 2.24) is 15.2 Å². The van der Waals surface area contributed by atoms with Crippen LogP contribution in [0.25, 0.3) is 11.4 Å². The molecule has 3 rings (SSSR count). The van der Waals surface area contributed by atoms with Gasteiger partial charge in [-0.1, -0.05) is 42.5 Å². The van der Waals surface area contributed by atoms with Gasteiger partial charge in [-0.3, -0.25) is 5.10 Å². The molecule has 0 aliphatic heterocycles. The summed E-state index contributed by atoms with van der Waals surface area (Å²) in [6, 6.07) is 18.7. The molecule has 3 aromatic rings. The second kappa shape index (κ2) is 8.08. The molecule has 0 amide bonds. The first-order valence-electron chi connectivity index (χ1n) is 8.26. The third-order valence-corrected chi connectivity index (χ3v) is 3.90. The molecule has 6 nitrogen and oxygen atoms in total. The van der Waals surface area contributed by atoms with Gasteiger partial charge in [0.2, 0.25) is 0 Å². The Morgan fingerprint density at radius 2 is 1.92 bits per heavy atom. The monoisotopic (exact) mass is 346 g/mol. The molecule has 0 saturated carbocycles. The number of hydrogen-bond acceptors (Lipinski definition) is 5. The summed E-state index contributed by atoms with van der Waals surface area (Å²) >= 11 is 0. The molecule has 0 fully saturated rings. The first kappa shape index (κ1) is 17.4. The van der Waals surface area contributed by atoms with Gasteiger partial charge in [0.1, 0.15) is 12.4 Å². The number of aryl methyl sites for hydroxylation is 1. The molecule has 0 bridgehead atoms. The van der Waals surface area contributed by atoms with E-state index in [0.29, 0.717) is 17.8 Å². The van der Waals surface area contributed by atoms with Crippen molar-refractivity contribution in [3.63, 3.8) is 0 Å². The predicted octanol–water partition coefficient (Wildman–Crippen LogP) is 3.32. The van der Waals surface area contributed by atoms with E-state index < -0.39 is 5.97 Å². The zero-order valence-electron chi connectivity index (χ0n) is 14.3. The Balaban J connectivity index is 1.58. The summed E-state index contributed by atoms with van der Waals surface area (Å²) in [7, 11) is 0. The van der Waals surface area contributed by atoms with Crippen LogP contribution >= 0.6 is 0 Å². The van der Waals surface area contributed by atoms with E-state index in [4.69, 9.17) is 4.74 Å². The lowest BCUT2D eigenvalue weighted by Gasteiger charge is -2.10. The van der Waals surface area contributed by atoms with E-state index in [9.17, 15) is 10.1 Å². The number of nitriles is 1. The molecule has 6 heteroatoms. The Bertz CT molecular complexity index is 911. The number of nitrogens with one attached hydrogen (secondary N) is 1. The minimum atomic E-state index is -0.448. The van der Waals surface area contributed by atoms with Crippen LogP contribution in [0.15, 0.2) is 54.6 Å². The first-order valence-corrected chi connectivity index (χ1v) is 8.26. The van der Waals surface area contributed by atoms with E-state index in [1.165, 1.54) is 0 Å². The van der Waals surface area contributed by atoms with Crippen LogP contribution in [-0.2, 0) is 11.2 Å². The summed E-state index contributed by atoms with van der Waals surface area (Å²) < 4.78 is 5.30. The zero-order valence-corrected chi connectivity index (χ0v) is 14.3. The van der Waals surface area contributed by atoms with E-state index in [1.54, 1.807) is 24.3 Å². The van der Waals surface area contributed by atoms with Gasteiger partial charge in [0.15, 0.2) is 5.82 Å². The standard InChI is InChI=1S/C20H18N4O2/c1-14-22-19(24-23-14)17-7-9-18(10-8-17)20(25)26-13-16(12-21)11-15-5-3-2-4-6-15/h2-10,16H,11,13H2,1H3,(H,22,23,24)/t16-/m1/s1. The van der Waals surface area contributed by atoms with Crippen molar-refractivity contribution in [1.29, 1.82) is 5.26 Å². The zero-order chi connectivity index (χ0) is 18.4. The average Bonchev–Trinajstić information content (AvgIpc) is 3.12. The summed E-state index contributed by atoms with van der Waals surface area (Å²) in [5.74, 6) is 0.479. The second-order valence-corrected chi connectivity index (χ2v) is 5.94. The highest BCUT2D eigenvalue weighted by Crippen LogP contribution is 2.16. The molecule has 1 heterocycles. The van der Waals surface area contributed by atoms with Gasteiger partial charge in [-0.05, 0) is 31.0 Å². The van der Waals surface area contributed by atoms with Crippen LogP contribution in [0.4, 0.5) is 0 Å². The third kappa shape index (κ3) is 4.33. The molecular weight excluding hydrogens is 328 g/mol. The van der Waals surface area contributed by atoms with Gasteiger partial charge in [0.25, 0.3) is 0 Å². The van der Waals surface area contributed by atoms with Gasteiger partial charge in [-0.25, -0.2) is 9.78 Å². The Morgan fingerprint density at radius 1 is 1.19 bits per heavy atom. The van der Waals surface area contributed by atoms with Gasteiger partial charge in [-0.15, -0.1) is 0 Å². The third-order valence-electron chi connectivity index (χ3n) is 3.90. The molecule has 0 unspecified atom stereocenters. The summed E-state index contributed by atoms with van der Waals surface area (Å²) in [5.41, 5.74) is 2.28. The molecule has 1 N–H and O–H groups in total. The maximum Gasteiger partial charge on any atom is 0.338 e. The summed E-state index contributed by atoms with van der Waals surface area (Å²) in [4.78, 5) is 16.4. The summed E-state index contributed by atoms with van der Waals surface area (Å²) in [6.07, 6.45) is 0.549. The van der Waals surface area contributed by atoms with Crippen LogP contribution in [0.2, 0.25) is 0 Å². The second-order valence-electron chi connectivity index (χ2n) is 5.94. The fraction of sp³-hybridized carbons (Fsp3) is 0.200. The van der Waals surface area contributed by atoms with E-state index in [1.807, 2.05) is 37.3 Å². The SMILES string of the molecule is Cc1nc(-c2ccc(C(=O)OC[C@@H](C#N)Cc3ccccc3)cc2)n[nH]1. The first-order chi connectivity index (χ1) is 12.7. The van der Waals surface area contributed by atoms with Gasteiger partial charge >= 0.3 is 5.97 Å². The lowest BCUT2D eigenvalue weighted by atomic mass is 10.0. The molecule has 0 aliphatic carbocycles. The van der Waals surface area contributed by atoms with Crippen molar-refractivity contribution in [2.24, 2.45) is 5.92 Å². The highest BCUT2D eigenvalue weighted by molar-refractivity contribution is 5.89. The molecule has 0 saturated heterocycles. The summed E-state index contributed by atoms with van der Waals surface area (Å²) in [6.45, 7) is 1.88. The molecule has 0 radical (unpaired) electrons. The predicted molar refractivity (Wildman–Crippen MR) is 96.1 cm³/mol. The number of aromatic amines is 1. The van der Waals surface area contributed by atoms with Crippen molar-refractivity contribution >= 4 is 5.97 Å². The van der Waals surface area contributed by atoms with E-state index in [0.717, 1.165) is 17.0 Å². The van der Waals surface area contributed by atoms with Crippen LogP contribution in [0, 0.1) is 24.2 Å². The van der Waals surface area contributed by atoms with Crippen LogP contribution in [0.3, 0.4) is 0 Å². The minimum absolute atomic E-state index is 0.0616. The topological polar surface area (TPSA) is 91.7 Å². The number of esters is 1. The lowest BCUT2D eigenvalue weighted by molar-refractivity contribution is 0.0468. The number of benzene rings is 2. The maximum absolute atomic E-state index is 12.2. The Kier molecular flexibility index (Phi) is 5.40. The number of ether oxygens (including phenoxy) is 1. The average molecular weight is 346 g/mol. The van der Waals surface area contributed by atoms with Crippen LogP contribution in [0.5, 0.6) is 0 Å². The quantitative estimate of drug-likeness (QED) is 0.691. The van der Waals surface area contributed by atoms with E-state index in [-0.39, 0.29) is 12.5 Å². The normalized spacial score (nSPS) is 11.5. The molecular formula is C20H18N4O2.